The van der Waals surface area contributed by atoms with Crippen LogP contribution in [-0.4, -0.2) is 48.4 Å². The Bertz CT molecular complexity index is 1670. The van der Waals surface area contributed by atoms with Gasteiger partial charge >= 0.3 is 0 Å². The van der Waals surface area contributed by atoms with Gasteiger partial charge in [-0.3, -0.25) is 4.79 Å². The van der Waals surface area contributed by atoms with E-state index in [-0.39, 0.29) is 11.7 Å². The summed E-state index contributed by atoms with van der Waals surface area (Å²) in [5, 5.41) is 17.0. The molecular formula is C35H35BrN4O3. The van der Waals surface area contributed by atoms with E-state index in [0.29, 0.717) is 22.6 Å². The number of fused-ring (bicyclic) bond motifs is 6. The number of nitrogens with zero attached hydrogens (tertiary/aromatic N) is 4. The lowest BCUT2D eigenvalue weighted by Gasteiger charge is -2.42. The molecule has 2 heterocycles. The van der Waals surface area contributed by atoms with Crippen LogP contribution in [0.5, 0.6) is 17.2 Å². The highest BCUT2D eigenvalue weighted by atomic mass is 79.9. The predicted octanol–water partition coefficient (Wildman–Crippen LogP) is 7.73. The summed E-state index contributed by atoms with van der Waals surface area (Å²) in [6, 6.07) is 25.3. The molecule has 6 rings (SSSR count). The molecule has 7 nitrogen and oxygen atoms in total. The normalized spacial score (nSPS) is 14.4. The highest BCUT2D eigenvalue weighted by molar-refractivity contribution is 9.10. The monoisotopic (exact) mass is 638 g/mol. The van der Waals surface area contributed by atoms with E-state index < -0.39 is 5.54 Å². The van der Waals surface area contributed by atoms with E-state index in [1.54, 1.807) is 29.4 Å². The lowest BCUT2D eigenvalue weighted by molar-refractivity contribution is 0.0675. The van der Waals surface area contributed by atoms with Gasteiger partial charge in [0.2, 0.25) is 0 Å². The molecule has 4 aromatic carbocycles. The second kappa shape index (κ2) is 11.4. The van der Waals surface area contributed by atoms with E-state index >= 15 is 0 Å². The standard InChI is InChI=1S/C35H35BrN4O3/c1-5-38(6-2)25-14-16-29-32(20-25)43-33-21-26(39(7-3)8-4)15-17-30(33)35(29)28-12-10-9-11-27(28)34(42)40(35)37-22-23-19-24(36)13-18-31(23)41/h9-22,41H,5-8H2,1-4H3/b37-22+. The fraction of sp³-hybridized carbons (Fsp3) is 0.257. The molecule has 2 aliphatic heterocycles. The van der Waals surface area contributed by atoms with Crippen molar-refractivity contribution in [1.29, 1.82) is 0 Å². The molecule has 1 amide bonds. The first-order valence-electron chi connectivity index (χ1n) is 14.8. The van der Waals surface area contributed by atoms with Crippen molar-refractivity contribution in [3.05, 3.63) is 111 Å². The number of carbonyl (C=O) groups is 1. The lowest BCUT2D eigenvalue weighted by Crippen LogP contribution is -2.44. The fourth-order valence-electron chi connectivity index (χ4n) is 6.39. The predicted molar refractivity (Wildman–Crippen MR) is 176 cm³/mol. The Morgan fingerprint density at radius 2 is 1.40 bits per heavy atom. The Kier molecular flexibility index (Phi) is 7.65. The van der Waals surface area contributed by atoms with Crippen LogP contribution in [0.3, 0.4) is 0 Å². The number of carbonyl (C=O) groups excluding carboxylic acids is 1. The number of benzene rings is 4. The van der Waals surface area contributed by atoms with Gasteiger partial charge in [-0.05, 0) is 64.1 Å². The van der Waals surface area contributed by atoms with Crippen molar-refractivity contribution in [2.24, 2.45) is 5.10 Å². The Morgan fingerprint density at radius 3 is 1.98 bits per heavy atom. The van der Waals surface area contributed by atoms with Gasteiger partial charge in [0.25, 0.3) is 5.91 Å². The van der Waals surface area contributed by atoms with Crippen LogP contribution in [0.1, 0.15) is 60.3 Å². The van der Waals surface area contributed by atoms with Crippen molar-refractivity contribution in [3.8, 4) is 17.2 Å². The van der Waals surface area contributed by atoms with Crippen molar-refractivity contribution >= 4 is 39.4 Å². The fourth-order valence-corrected chi connectivity index (χ4v) is 6.77. The van der Waals surface area contributed by atoms with Crippen molar-refractivity contribution in [1.82, 2.24) is 5.01 Å². The van der Waals surface area contributed by atoms with Gasteiger partial charge in [0.15, 0.2) is 0 Å². The molecule has 0 fully saturated rings. The van der Waals surface area contributed by atoms with Crippen LogP contribution < -0.4 is 14.5 Å². The minimum Gasteiger partial charge on any atom is -0.507 e. The number of phenolic OH excluding ortho intramolecular Hbond substituents is 1. The Balaban J connectivity index is 1.65. The van der Waals surface area contributed by atoms with Crippen LogP contribution in [0.25, 0.3) is 0 Å². The van der Waals surface area contributed by atoms with E-state index in [9.17, 15) is 9.90 Å². The van der Waals surface area contributed by atoms with Gasteiger partial charge < -0.3 is 19.6 Å². The van der Waals surface area contributed by atoms with Crippen molar-refractivity contribution in [3.63, 3.8) is 0 Å². The third-order valence-electron chi connectivity index (χ3n) is 8.55. The molecule has 220 valence electrons. The number of halogens is 1. The number of rotatable bonds is 8. The Labute approximate surface area is 261 Å². The molecule has 8 heteroatoms. The summed E-state index contributed by atoms with van der Waals surface area (Å²) >= 11 is 3.48. The van der Waals surface area contributed by atoms with Crippen molar-refractivity contribution < 1.29 is 14.6 Å². The number of hydrogen-bond acceptors (Lipinski definition) is 6. The molecule has 0 radical (unpaired) electrons. The summed E-state index contributed by atoms with van der Waals surface area (Å²) < 4.78 is 7.53. The molecule has 4 aromatic rings. The first-order chi connectivity index (χ1) is 20.9. The van der Waals surface area contributed by atoms with Crippen LogP contribution in [0, 0.1) is 0 Å². The number of phenols is 1. The zero-order valence-corrected chi connectivity index (χ0v) is 26.4. The van der Waals surface area contributed by atoms with Crippen LogP contribution in [0.15, 0.2) is 88.4 Å². The number of anilines is 2. The van der Waals surface area contributed by atoms with E-state index in [2.05, 4.69) is 89.8 Å². The molecule has 0 aromatic heterocycles. The van der Waals surface area contributed by atoms with Gasteiger partial charge in [-0.2, -0.15) is 5.10 Å². The highest BCUT2D eigenvalue weighted by Crippen LogP contribution is 2.58. The number of ether oxygens (including phenoxy) is 1. The van der Waals surface area contributed by atoms with Crippen LogP contribution in [0.4, 0.5) is 11.4 Å². The largest absolute Gasteiger partial charge is 0.507 e. The van der Waals surface area contributed by atoms with Gasteiger partial charge in [0.1, 0.15) is 22.8 Å². The summed E-state index contributed by atoms with van der Waals surface area (Å²) in [7, 11) is 0. The average Bonchev–Trinajstić information content (AvgIpc) is 3.26. The van der Waals surface area contributed by atoms with Crippen molar-refractivity contribution in [2.75, 3.05) is 36.0 Å². The van der Waals surface area contributed by atoms with Crippen LogP contribution >= 0.6 is 15.9 Å². The second-order valence-electron chi connectivity index (χ2n) is 10.6. The molecule has 0 atom stereocenters. The Morgan fingerprint density at radius 1 is 0.814 bits per heavy atom. The molecule has 1 spiro atoms. The SMILES string of the molecule is CCN(CC)c1ccc2c(c1)Oc1cc(N(CC)CC)ccc1C21c2ccccc2C(=O)N1/N=C/c1cc(Br)ccc1O. The van der Waals surface area contributed by atoms with E-state index in [1.165, 1.54) is 0 Å². The number of hydrazone groups is 1. The van der Waals surface area contributed by atoms with Gasteiger partial charge in [-0.25, -0.2) is 5.01 Å². The Hall–Kier alpha value is -4.30. The van der Waals surface area contributed by atoms with E-state index in [0.717, 1.165) is 58.7 Å². The topological polar surface area (TPSA) is 68.6 Å². The van der Waals surface area contributed by atoms with Gasteiger partial charge in [-0.15, -0.1) is 0 Å². The van der Waals surface area contributed by atoms with Crippen LogP contribution in [-0.2, 0) is 5.54 Å². The van der Waals surface area contributed by atoms with Gasteiger partial charge in [0.05, 0.1) is 6.21 Å². The van der Waals surface area contributed by atoms with E-state index in [1.807, 2.05) is 24.3 Å². The third kappa shape index (κ3) is 4.56. The molecular weight excluding hydrogens is 604 g/mol. The molecule has 43 heavy (non-hydrogen) atoms. The van der Waals surface area contributed by atoms with Gasteiger partial charge in [0, 0.05) is 82.0 Å². The maximum atomic E-state index is 14.3. The van der Waals surface area contributed by atoms with Crippen LogP contribution in [0.2, 0.25) is 0 Å². The van der Waals surface area contributed by atoms with Crippen molar-refractivity contribution in [2.45, 2.75) is 33.2 Å². The molecule has 1 N–H and O–H groups in total. The summed E-state index contributed by atoms with van der Waals surface area (Å²) in [5.74, 6) is 1.22. The maximum absolute atomic E-state index is 14.3. The summed E-state index contributed by atoms with van der Waals surface area (Å²) in [5.41, 5.74) is 4.60. The third-order valence-corrected chi connectivity index (χ3v) is 9.04. The zero-order valence-electron chi connectivity index (χ0n) is 24.8. The minimum absolute atomic E-state index is 0.0747. The zero-order chi connectivity index (χ0) is 30.3. The molecule has 0 saturated carbocycles. The summed E-state index contributed by atoms with van der Waals surface area (Å²) in [6.07, 6.45) is 1.55. The average molecular weight is 640 g/mol. The number of amides is 1. The lowest BCUT2D eigenvalue weighted by atomic mass is 9.75. The first-order valence-corrected chi connectivity index (χ1v) is 15.6. The number of hydrogen-bond donors (Lipinski definition) is 1. The quantitative estimate of drug-likeness (QED) is 0.200. The molecule has 2 aliphatic rings. The smallest absolute Gasteiger partial charge is 0.275 e. The van der Waals surface area contributed by atoms with Gasteiger partial charge in [-0.1, -0.05) is 46.3 Å². The maximum Gasteiger partial charge on any atom is 0.275 e. The minimum atomic E-state index is -1.09. The summed E-state index contributed by atoms with van der Waals surface area (Å²) in [4.78, 5) is 18.8. The molecule has 0 aliphatic carbocycles. The highest BCUT2D eigenvalue weighted by Gasteiger charge is 2.57. The number of aromatic hydroxyl groups is 1. The first kappa shape index (κ1) is 28.8. The second-order valence-corrected chi connectivity index (χ2v) is 11.5. The molecule has 0 bridgehead atoms. The van der Waals surface area contributed by atoms with E-state index in [4.69, 9.17) is 9.84 Å². The summed E-state index contributed by atoms with van der Waals surface area (Å²) in [6.45, 7) is 12.0. The molecule has 0 unspecified atom stereocenters. The molecule has 0 saturated heterocycles.